The Hall–Kier alpha value is -2.76. The van der Waals surface area contributed by atoms with Gasteiger partial charge >= 0.3 is 0 Å². The van der Waals surface area contributed by atoms with Crippen LogP contribution in [0.25, 0.3) is 21.0 Å². The van der Waals surface area contributed by atoms with E-state index in [1.54, 1.807) is 11.3 Å². The van der Waals surface area contributed by atoms with Crippen LogP contribution in [0.2, 0.25) is 0 Å². The van der Waals surface area contributed by atoms with Crippen LogP contribution in [0.1, 0.15) is 28.4 Å². The lowest BCUT2D eigenvalue weighted by Crippen LogP contribution is -2.20. The van der Waals surface area contributed by atoms with E-state index < -0.39 is 0 Å². The summed E-state index contributed by atoms with van der Waals surface area (Å²) in [6.07, 6.45) is 0. The summed E-state index contributed by atoms with van der Waals surface area (Å²) in [7, 11) is 0. The van der Waals surface area contributed by atoms with Crippen LogP contribution in [0.3, 0.4) is 0 Å². The molecule has 0 fully saturated rings. The van der Waals surface area contributed by atoms with Crippen molar-refractivity contribution in [2.45, 2.75) is 27.3 Å². The summed E-state index contributed by atoms with van der Waals surface area (Å²) in [5, 5.41) is 2.37. The average Bonchev–Trinajstić information content (AvgIpc) is 3.05. The van der Waals surface area contributed by atoms with Crippen molar-refractivity contribution in [2.75, 3.05) is 13.2 Å². The van der Waals surface area contributed by atoms with Crippen molar-refractivity contribution in [2.24, 2.45) is 4.99 Å². The number of benzene rings is 3. The summed E-state index contributed by atoms with van der Waals surface area (Å²) in [5.74, 6) is -0.205. The summed E-state index contributed by atoms with van der Waals surface area (Å²) in [6.45, 7) is 7.87. The number of carbonyl (C=O) groups is 1. The summed E-state index contributed by atoms with van der Waals surface area (Å²) in [4.78, 5) is 18.2. The second-order valence-corrected chi connectivity index (χ2v) is 8.08. The Morgan fingerprint density at radius 3 is 2.72 bits per heavy atom. The Bertz CT molecular complexity index is 1270. The monoisotopic (exact) mass is 404 g/mol. The Balaban J connectivity index is 1.89. The van der Waals surface area contributed by atoms with Gasteiger partial charge < -0.3 is 9.30 Å². The Morgan fingerprint density at radius 1 is 1.10 bits per heavy atom. The van der Waals surface area contributed by atoms with Crippen molar-refractivity contribution in [3.05, 3.63) is 76.1 Å². The zero-order valence-corrected chi connectivity index (χ0v) is 17.8. The molecule has 0 N–H and O–H groups in total. The maximum absolute atomic E-state index is 13.0. The lowest BCUT2D eigenvalue weighted by molar-refractivity contribution is 0.0996. The van der Waals surface area contributed by atoms with Crippen molar-refractivity contribution in [3.63, 3.8) is 0 Å². The largest absolute Gasteiger partial charge is 0.380 e. The van der Waals surface area contributed by atoms with Crippen LogP contribution in [0, 0.1) is 13.8 Å². The molecule has 29 heavy (non-hydrogen) atoms. The third-order valence-corrected chi connectivity index (χ3v) is 6.17. The van der Waals surface area contributed by atoms with E-state index in [0.29, 0.717) is 30.1 Å². The maximum Gasteiger partial charge on any atom is 0.279 e. The van der Waals surface area contributed by atoms with Crippen LogP contribution in [0.4, 0.5) is 0 Å². The van der Waals surface area contributed by atoms with Gasteiger partial charge in [0.2, 0.25) is 0 Å². The molecule has 4 rings (SSSR count). The highest BCUT2D eigenvalue weighted by Crippen LogP contribution is 2.27. The van der Waals surface area contributed by atoms with Crippen LogP contribution in [0.15, 0.2) is 59.6 Å². The number of hydrogen-bond acceptors (Lipinski definition) is 3. The molecule has 1 amide bonds. The first-order chi connectivity index (χ1) is 14.1. The van der Waals surface area contributed by atoms with Crippen molar-refractivity contribution in [3.8, 4) is 0 Å². The van der Waals surface area contributed by atoms with E-state index in [9.17, 15) is 4.79 Å². The maximum atomic E-state index is 13.0. The predicted molar refractivity (Wildman–Crippen MR) is 120 cm³/mol. The van der Waals surface area contributed by atoms with Crippen LogP contribution < -0.4 is 4.80 Å². The molecule has 0 spiro atoms. The minimum absolute atomic E-state index is 0.205. The second kappa shape index (κ2) is 8.31. The van der Waals surface area contributed by atoms with Crippen molar-refractivity contribution in [1.29, 1.82) is 0 Å². The summed E-state index contributed by atoms with van der Waals surface area (Å²) in [5.41, 5.74) is 3.82. The molecule has 0 aliphatic rings. The van der Waals surface area contributed by atoms with Crippen LogP contribution in [-0.2, 0) is 11.3 Å². The normalized spacial score (nSPS) is 12.2. The molecule has 148 valence electrons. The topological polar surface area (TPSA) is 43.6 Å². The molecule has 0 aliphatic heterocycles. The average molecular weight is 405 g/mol. The Labute approximate surface area is 174 Å². The van der Waals surface area contributed by atoms with Crippen molar-refractivity contribution < 1.29 is 9.53 Å². The zero-order valence-electron chi connectivity index (χ0n) is 16.9. The Morgan fingerprint density at radius 2 is 1.93 bits per heavy atom. The molecule has 0 unspecified atom stereocenters. The molecule has 0 atom stereocenters. The molecule has 5 heteroatoms. The van der Waals surface area contributed by atoms with Gasteiger partial charge in [0.15, 0.2) is 4.80 Å². The molecule has 0 saturated heterocycles. The number of nitrogens with zero attached hydrogens (tertiary/aromatic N) is 2. The number of hydrogen-bond donors (Lipinski definition) is 0. The van der Waals surface area contributed by atoms with Crippen molar-refractivity contribution >= 4 is 38.2 Å². The molecule has 4 aromatic rings. The number of thiazole rings is 1. The highest BCUT2D eigenvalue weighted by molar-refractivity contribution is 7.17. The number of ether oxygens (including phenoxy) is 1. The van der Waals surface area contributed by atoms with E-state index in [-0.39, 0.29) is 5.91 Å². The van der Waals surface area contributed by atoms with Crippen molar-refractivity contribution in [1.82, 2.24) is 4.57 Å². The van der Waals surface area contributed by atoms with E-state index in [0.717, 1.165) is 21.3 Å². The Kier molecular flexibility index (Phi) is 5.60. The predicted octanol–water partition coefficient (Wildman–Crippen LogP) is 5.25. The van der Waals surface area contributed by atoms with Crippen LogP contribution in [0.5, 0.6) is 0 Å². The number of aryl methyl sites for hydroxylation is 2. The molecule has 0 saturated carbocycles. The first kappa shape index (κ1) is 19.6. The van der Waals surface area contributed by atoms with Gasteiger partial charge in [-0.25, -0.2) is 0 Å². The minimum Gasteiger partial charge on any atom is -0.380 e. The van der Waals surface area contributed by atoms with E-state index in [1.807, 2.05) is 51.1 Å². The van der Waals surface area contributed by atoms with E-state index >= 15 is 0 Å². The second-order valence-electron chi connectivity index (χ2n) is 7.10. The molecule has 0 bridgehead atoms. The van der Waals surface area contributed by atoms with Gasteiger partial charge in [-0.1, -0.05) is 59.4 Å². The smallest absolute Gasteiger partial charge is 0.279 e. The van der Waals surface area contributed by atoms with Gasteiger partial charge in [-0.05, 0) is 43.9 Å². The molecule has 1 heterocycles. The fourth-order valence-electron chi connectivity index (χ4n) is 3.60. The molecule has 1 aromatic heterocycles. The zero-order chi connectivity index (χ0) is 20.4. The fraction of sp³-hybridized carbons (Fsp3) is 0.250. The lowest BCUT2D eigenvalue weighted by Gasteiger charge is -2.06. The molecular weight excluding hydrogens is 380 g/mol. The molecule has 4 nitrogen and oxygen atoms in total. The molecular formula is C24H24N2O2S. The van der Waals surface area contributed by atoms with Gasteiger partial charge in [-0.3, -0.25) is 4.79 Å². The highest BCUT2D eigenvalue weighted by Gasteiger charge is 2.13. The summed E-state index contributed by atoms with van der Waals surface area (Å²) in [6, 6.07) is 18.4. The molecule has 0 aliphatic carbocycles. The SMILES string of the molecule is CCOCCn1c(=NC(=O)c2ccc(C)cc2C)sc2c3ccccc3ccc21. The minimum atomic E-state index is -0.205. The van der Waals surface area contributed by atoms with Gasteiger partial charge in [0.25, 0.3) is 5.91 Å². The number of rotatable bonds is 5. The first-order valence-corrected chi connectivity index (χ1v) is 10.7. The number of amides is 1. The van der Waals surface area contributed by atoms with Gasteiger partial charge in [-0.2, -0.15) is 4.99 Å². The van der Waals surface area contributed by atoms with Crippen LogP contribution >= 0.6 is 11.3 Å². The van der Waals surface area contributed by atoms with E-state index in [2.05, 4.69) is 33.8 Å². The summed E-state index contributed by atoms with van der Waals surface area (Å²) >= 11 is 1.56. The third-order valence-electron chi connectivity index (χ3n) is 5.05. The van der Waals surface area contributed by atoms with E-state index in [1.165, 1.54) is 10.8 Å². The van der Waals surface area contributed by atoms with Gasteiger partial charge in [0.1, 0.15) is 0 Å². The number of carbonyl (C=O) groups excluding carboxylic acids is 1. The van der Waals surface area contributed by atoms with Gasteiger partial charge in [-0.15, -0.1) is 0 Å². The molecule has 3 aromatic carbocycles. The summed E-state index contributed by atoms with van der Waals surface area (Å²) < 4.78 is 8.82. The number of aromatic nitrogens is 1. The first-order valence-electron chi connectivity index (χ1n) is 9.83. The number of fused-ring (bicyclic) bond motifs is 3. The fourth-order valence-corrected chi connectivity index (χ4v) is 4.79. The van der Waals surface area contributed by atoms with Gasteiger partial charge in [0, 0.05) is 24.1 Å². The van der Waals surface area contributed by atoms with E-state index in [4.69, 9.17) is 4.74 Å². The van der Waals surface area contributed by atoms with Gasteiger partial charge in [0.05, 0.1) is 16.8 Å². The third kappa shape index (κ3) is 3.88. The molecule has 0 radical (unpaired) electrons. The van der Waals surface area contributed by atoms with Crippen LogP contribution in [-0.4, -0.2) is 23.7 Å². The highest BCUT2D eigenvalue weighted by atomic mass is 32.1. The lowest BCUT2D eigenvalue weighted by atomic mass is 10.1. The standard InChI is InChI=1S/C24H24N2O2S/c1-4-28-14-13-26-21-12-10-18-7-5-6-8-20(18)22(21)29-24(26)25-23(27)19-11-9-16(2)15-17(19)3/h5-12,15H,4,13-14H2,1-3H3. The quantitative estimate of drug-likeness (QED) is 0.426.